The predicted molar refractivity (Wildman–Crippen MR) is 69.5 cm³/mol. The Labute approximate surface area is 104 Å². The second kappa shape index (κ2) is 3.65. The van der Waals surface area contributed by atoms with Gasteiger partial charge < -0.3 is 10.2 Å². The molecule has 0 aromatic carbocycles. The number of anilines is 1. The van der Waals surface area contributed by atoms with E-state index in [0.717, 1.165) is 35.6 Å². The molecule has 2 aromatic rings. The van der Waals surface area contributed by atoms with Gasteiger partial charge in [-0.05, 0) is 23.3 Å². The summed E-state index contributed by atoms with van der Waals surface area (Å²) in [5.41, 5.74) is 0. The normalized spacial score (nSPS) is 27.9. The molecule has 2 unspecified atom stereocenters. The Morgan fingerprint density at radius 3 is 2.88 bits per heavy atom. The molecule has 0 spiro atoms. The molecule has 5 heteroatoms. The maximum absolute atomic E-state index is 4.49. The van der Waals surface area contributed by atoms with Gasteiger partial charge in [0, 0.05) is 26.2 Å². The topological polar surface area (TPSA) is 41.1 Å². The Bertz CT molecular complexity index is 540. The molecular formula is C12H14N4S. The van der Waals surface area contributed by atoms with Crippen molar-refractivity contribution >= 4 is 27.4 Å². The summed E-state index contributed by atoms with van der Waals surface area (Å²) in [5.74, 6) is 2.74. The second-order valence-electron chi connectivity index (χ2n) is 4.92. The Morgan fingerprint density at radius 2 is 2.06 bits per heavy atom. The van der Waals surface area contributed by atoms with E-state index in [0.29, 0.717) is 0 Å². The van der Waals surface area contributed by atoms with Gasteiger partial charge in [0.05, 0.1) is 5.39 Å². The van der Waals surface area contributed by atoms with Crippen molar-refractivity contribution in [3.8, 4) is 0 Å². The molecule has 0 amide bonds. The van der Waals surface area contributed by atoms with Crippen molar-refractivity contribution in [2.45, 2.75) is 0 Å². The lowest BCUT2D eigenvalue weighted by molar-refractivity contribution is 0.533. The van der Waals surface area contributed by atoms with Crippen LogP contribution < -0.4 is 10.2 Å². The summed E-state index contributed by atoms with van der Waals surface area (Å²) in [6, 6.07) is 2.14. The molecule has 0 bridgehead atoms. The molecule has 0 aliphatic carbocycles. The number of thiophene rings is 1. The fraction of sp³-hybridized carbons (Fsp3) is 0.500. The molecule has 2 atom stereocenters. The molecule has 2 aliphatic rings. The summed E-state index contributed by atoms with van der Waals surface area (Å²) in [5, 5.41) is 6.78. The number of nitrogens with one attached hydrogen (secondary N) is 1. The summed E-state index contributed by atoms with van der Waals surface area (Å²) >= 11 is 1.69. The Balaban J connectivity index is 1.73. The van der Waals surface area contributed by atoms with Crippen molar-refractivity contribution in [3.05, 3.63) is 17.8 Å². The third kappa shape index (κ3) is 1.46. The van der Waals surface area contributed by atoms with Crippen LogP contribution in [0.1, 0.15) is 0 Å². The van der Waals surface area contributed by atoms with E-state index < -0.39 is 0 Å². The molecule has 2 aliphatic heterocycles. The highest BCUT2D eigenvalue weighted by Crippen LogP contribution is 2.33. The van der Waals surface area contributed by atoms with Crippen LogP contribution in [0.5, 0.6) is 0 Å². The Hall–Kier alpha value is -1.20. The van der Waals surface area contributed by atoms with Gasteiger partial charge in [-0.25, -0.2) is 9.97 Å². The van der Waals surface area contributed by atoms with Crippen LogP contribution >= 0.6 is 11.3 Å². The number of aromatic nitrogens is 2. The maximum atomic E-state index is 4.49. The van der Waals surface area contributed by atoms with Crippen molar-refractivity contribution in [2.24, 2.45) is 11.8 Å². The molecule has 2 fully saturated rings. The van der Waals surface area contributed by atoms with Gasteiger partial charge in [0.2, 0.25) is 0 Å². The van der Waals surface area contributed by atoms with Crippen molar-refractivity contribution in [1.82, 2.24) is 15.3 Å². The lowest BCUT2D eigenvalue weighted by Crippen LogP contribution is -2.26. The van der Waals surface area contributed by atoms with Crippen LogP contribution in [0.3, 0.4) is 0 Å². The lowest BCUT2D eigenvalue weighted by atomic mass is 10.0. The van der Waals surface area contributed by atoms with Crippen molar-refractivity contribution in [3.63, 3.8) is 0 Å². The second-order valence-corrected chi connectivity index (χ2v) is 5.81. The average molecular weight is 246 g/mol. The van der Waals surface area contributed by atoms with Crippen LogP contribution in [0.15, 0.2) is 17.8 Å². The lowest BCUT2D eigenvalue weighted by Gasteiger charge is -2.18. The van der Waals surface area contributed by atoms with Gasteiger partial charge in [0.15, 0.2) is 0 Å². The highest BCUT2D eigenvalue weighted by Gasteiger charge is 2.37. The average Bonchev–Trinajstić information content (AvgIpc) is 3.02. The number of rotatable bonds is 1. The van der Waals surface area contributed by atoms with Crippen LogP contribution in [0, 0.1) is 11.8 Å². The van der Waals surface area contributed by atoms with Crippen molar-refractivity contribution in [1.29, 1.82) is 0 Å². The molecule has 0 radical (unpaired) electrons. The van der Waals surface area contributed by atoms with Crippen LogP contribution in [0.4, 0.5) is 5.82 Å². The first-order chi connectivity index (χ1) is 8.42. The standard InChI is InChI=1S/C12H14N4S/c1-2-17-12-10(1)11(14-7-15-12)16-5-8-3-13-4-9(8)6-16/h1-2,7-9,13H,3-6H2. The smallest absolute Gasteiger partial charge is 0.140 e. The van der Waals surface area contributed by atoms with E-state index in [9.17, 15) is 0 Å². The fourth-order valence-electron chi connectivity index (χ4n) is 3.06. The maximum Gasteiger partial charge on any atom is 0.140 e. The van der Waals surface area contributed by atoms with Crippen molar-refractivity contribution < 1.29 is 0 Å². The van der Waals surface area contributed by atoms with E-state index in [1.165, 1.54) is 18.5 Å². The van der Waals surface area contributed by atoms with Gasteiger partial charge in [-0.2, -0.15) is 0 Å². The summed E-state index contributed by atoms with van der Waals surface area (Å²) in [4.78, 5) is 12.3. The SMILES string of the molecule is c1nc(N2CC3CNCC3C2)c2ccsc2n1. The summed E-state index contributed by atoms with van der Waals surface area (Å²) in [6.07, 6.45) is 1.69. The molecule has 1 N–H and O–H groups in total. The molecule has 4 heterocycles. The van der Waals surface area contributed by atoms with E-state index in [4.69, 9.17) is 0 Å². The first kappa shape index (κ1) is 9.79. The largest absolute Gasteiger partial charge is 0.355 e. The third-order valence-corrected chi connectivity index (χ3v) is 4.75. The highest BCUT2D eigenvalue weighted by atomic mass is 32.1. The number of hydrogen-bond acceptors (Lipinski definition) is 5. The summed E-state index contributed by atoms with van der Waals surface area (Å²) in [7, 11) is 0. The third-order valence-electron chi connectivity index (χ3n) is 3.93. The quantitative estimate of drug-likeness (QED) is 0.824. The van der Waals surface area contributed by atoms with E-state index in [1.807, 2.05) is 0 Å². The minimum absolute atomic E-state index is 0.804. The van der Waals surface area contributed by atoms with Gasteiger partial charge in [-0.15, -0.1) is 11.3 Å². The van der Waals surface area contributed by atoms with Crippen LogP contribution in [0.25, 0.3) is 10.2 Å². The monoisotopic (exact) mass is 246 g/mol. The zero-order chi connectivity index (χ0) is 11.2. The first-order valence-electron chi connectivity index (χ1n) is 6.05. The van der Waals surface area contributed by atoms with Gasteiger partial charge in [0.25, 0.3) is 0 Å². The zero-order valence-electron chi connectivity index (χ0n) is 9.47. The van der Waals surface area contributed by atoms with Gasteiger partial charge in [-0.1, -0.05) is 0 Å². The fourth-order valence-corrected chi connectivity index (χ4v) is 3.78. The molecule has 2 aromatic heterocycles. The molecule has 17 heavy (non-hydrogen) atoms. The molecule has 2 saturated heterocycles. The predicted octanol–water partition coefficient (Wildman–Crippen LogP) is 1.35. The number of hydrogen-bond donors (Lipinski definition) is 1. The Morgan fingerprint density at radius 1 is 1.24 bits per heavy atom. The molecule has 4 rings (SSSR count). The Kier molecular flexibility index (Phi) is 2.10. The minimum atomic E-state index is 0.804. The highest BCUT2D eigenvalue weighted by molar-refractivity contribution is 7.16. The van der Waals surface area contributed by atoms with Crippen LogP contribution in [-0.2, 0) is 0 Å². The number of nitrogens with zero attached hydrogens (tertiary/aromatic N) is 3. The van der Waals surface area contributed by atoms with Crippen LogP contribution in [0.2, 0.25) is 0 Å². The van der Waals surface area contributed by atoms with E-state index in [2.05, 4.69) is 31.6 Å². The number of fused-ring (bicyclic) bond motifs is 2. The minimum Gasteiger partial charge on any atom is -0.355 e. The van der Waals surface area contributed by atoms with Gasteiger partial charge >= 0.3 is 0 Å². The van der Waals surface area contributed by atoms with Gasteiger partial charge in [0.1, 0.15) is 17.0 Å². The van der Waals surface area contributed by atoms with E-state index >= 15 is 0 Å². The molecule has 4 nitrogen and oxygen atoms in total. The zero-order valence-corrected chi connectivity index (χ0v) is 10.3. The summed E-state index contributed by atoms with van der Waals surface area (Å²) < 4.78 is 0. The van der Waals surface area contributed by atoms with E-state index in [-0.39, 0.29) is 0 Å². The molecular weight excluding hydrogens is 232 g/mol. The summed E-state index contributed by atoms with van der Waals surface area (Å²) in [6.45, 7) is 4.61. The molecule has 0 saturated carbocycles. The van der Waals surface area contributed by atoms with Gasteiger partial charge in [-0.3, -0.25) is 0 Å². The van der Waals surface area contributed by atoms with Crippen LogP contribution in [-0.4, -0.2) is 36.1 Å². The van der Waals surface area contributed by atoms with E-state index in [1.54, 1.807) is 17.7 Å². The molecule has 88 valence electrons. The van der Waals surface area contributed by atoms with Crippen molar-refractivity contribution in [2.75, 3.05) is 31.1 Å². The first-order valence-corrected chi connectivity index (χ1v) is 6.93.